The molecule has 2 aromatic carbocycles. The van der Waals surface area contributed by atoms with Crippen LogP contribution in [0.15, 0.2) is 65.2 Å². The van der Waals surface area contributed by atoms with Crippen molar-refractivity contribution in [3.05, 3.63) is 77.1 Å². The monoisotopic (exact) mass is 544 g/mol. The fraction of sp³-hybridized carbons (Fsp3) is 0.419. The molecule has 1 aliphatic carbocycles. The number of ketones is 1. The van der Waals surface area contributed by atoms with Crippen molar-refractivity contribution in [2.75, 3.05) is 27.2 Å². The average Bonchev–Trinajstić information content (AvgIpc) is 3.60. The number of nitriles is 1. The zero-order chi connectivity index (χ0) is 27.7. The van der Waals surface area contributed by atoms with E-state index in [2.05, 4.69) is 4.90 Å². The first-order valence-corrected chi connectivity index (χ1v) is 15.2. The van der Waals surface area contributed by atoms with E-state index in [1.54, 1.807) is 49.3 Å². The average molecular weight is 545 g/mol. The molecule has 5 rings (SSSR count). The molecular formula is C31H36N4O3S. The quantitative estimate of drug-likeness (QED) is 0.223. The summed E-state index contributed by atoms with van der Waals surface area (Å²) in [5, 5.41) is 10.4. The predicted octanol–water partition coefficient (Wildman–Crippen LogP) is 5.46. The summed E-state index contributed by atoms with van der Waals surface area (Å²) in [5.41, 5.74) is 2.39. The number of carbonyl (C=O) groups excluding carboxylic acids is 1. The number of hydrogen-bond acceptors (Lipinski definition) is 6. The minimum atomic E-state index is -4.10. The van der Waals surface area contributed by atoms with E-state index in [0.29, 0.717) is 16.8 Å². The summed E-state index contributed by atoms with van der Waals surface area (Å²) in [5.74, 6) is -0.226. The molecule has 0 radical (unpaired) electrons. The van der Waals surface area contributed by atoms with Gasteiger partial charge in [-0.2, -0.15) is 5.26 Å². The second kappa shape index (κ2) is 11.0. The van der Waals surface area contributed by atoms with E-state index in [-0.39, 0.29) is 16.2 Å². The number of aromatic nitrogens is 1. The Morgan fingerprint density at radius 2 is 1.67 bits per heavy atom. The Morgan fingerprint density at radius 1 is 1.00 bits per heavy atom. The van der Waals surface area contributed by atoms with Crippen LogP contribution in [0, 0.1) is 18.3 Å². The number of Topliss-reactive ketones (excluding diaryl/α,β-unsaturated/α-hetero) is 1. The number of rotatable bonds is 7. The van der Waals surface area contributed by atoms with Gasteiger partial charge < -0.3 is 9.80 Å². The molecule has 0 N–H and O–H groups in total. The smallest absolute Gasteiger partial charge is 0.268 e. The lowest BCUT2D eigenvalue weighted by atomic mass is 9.88. The molecule has 8 heteroatoms. The molecule has 0 bridgehead atoms. The summed E-state index contributed by atoms with van der Waals surface area (Å²) in [6, 6.07) is 16.7. The number of hydrogen-bond donors (Lipinski definition) is 0. The van der Waals surface area contributed by atoms with E-state index in [0.717, 1.165) is 41.5 Å². The van der Waals surface area contributed by atoms with Crippen LogP contribution >= 0.6 is 0 Å². The van der Waals surface area contributed by atoms with Crippen molar-refractivity contribution in [2.45, 2.75) is 62.3 Å². The van der Waals surface area contributed by atoms with Gasteiger partial charge in [-0.3, -0.25) is 4.79 Å². The van der Waals surface area contributed by atoms with Crippen molar-refractivity contribution in [3.8, 4) is 6.07 Å². The third-order valence-electron chi connectivity index (χ3n) is 8.17. The van der Waals surface area contributed by atoms with Gasteiger partial charge in [0, 0.05) is 31.7 Å². The molecule has 2 aliphatic rings. The molecule has 1 saturated carbocycles. The third-order valence-corrected chi connectivity index (χ3v) is 9.91. The zero-order valence-corrected chi connectivity index (χ0v) is 23.7. The molecule has 1 aliphatic heterocycles. The summed E-state index contributed by atoms with van der Waals surface area (Å²) in [4.78, 5) is 17.9. The Bertz CT molecular complexity index is 1550. The third kappa shape index (κ3) is 5.39. The normalized spacial score (nSPS) is 17.9. The topological polar surface area (TPSA) is 86.4 Å². The van der Waals surface area contributed by atoms with Crippen LogP contribution in [-0.4, -0.2) is 61.2 Å². The molecular weight excluding hydrogens is 508 g/mol. The maximum Gasteiger partial charge on any atom is 0.268 e. The number of piperidine rings is 1. The van der Waals surface area contributed by atoms with E-state index in [1.807, 2.05) is 31.2 Å². The van der Waals surface area contributed by atoms with E-state index >= 15 is 0 Å². The van der Waals surface area contributed by atoms with Crippen molar-refractivity contribution in [3.63, 3.8) is 0 Å². The van der Waals surface area contributed by atoms with Crippen LogP contribution in [0.3, 0.4) is 0 Å². The first-order chi connectivity index (χ1) is 18.7. The maximum atomic E-state index is 13.9. The zero-order valence-electron chi connectivity index (χ0n) is 22.9. The van der Waals surface area contributed by atoms with Crippen LogP contribution in [0.4, 0.5) is 0 Å². The van der Waals surface area contributed by atoms with Crippen LogP contribution in [0.25, 0.3) is 10.9 Å². The molecule has 1 aromatic heterocycles. The Kier molecular flexibility index (Phi) is 7.66. The summed E-state index contributed by atoms with van der Waals surface area (Å²) in [7, 11) is -0.669. The minimum absolute atomic E-state index is 0.0339. The highest BCUT2D eigenvalue weighted by molar-refractivity contribution is 7.90. The number of nitrogens with zero attached hydrogens (tertiary/aromatic N) is 4. The Balaban J connectivity index is 1.56. The van der Waals surface area contributed by atoms with Crippen molar-refractivity contribution < 1.29 is 13.2 Å². The van der Waals surface area contributed by atoms with Gasteiger partial charge in [0.1, 0.15) is 17.3 Å². The van der Waals surface area contributed by atoms with E-state index < -0.39 is 15.8 Å². The highest BCUT2D eigenvalue weighted by Gasteiger charge is 2.30. The van der Waals surface area contributed by atoms with Gasteiger partial charge >= 0.3 is 0 Å². The lowest BCUT2D eigenvalue weighted by molar-refractivity contribution is 0.103. The van der Waals surface area contributed by atoms with Crippen molar-refractivity contribution in [1.82, 2.24) is 13.8 Å². The molecule has 7 nitrogen and oxygen atoms in total. The predicted molar refractivity (Wildman–Crippen MR) is 153 cm³/mol. The molecule has 1 saturated heterocycles. The fourth-order valence-electron chi connectivity index (χ4n) is 6.10. The second-order valence-corrected chi connectivity index (χ2v) is 12.9. The molecule has 0 amide bonds. The van der Waals surface area contributed by atoms with Gasteiger partial charge in [0.25, 0.3) is 10.0 Å². The summed E-state index contributed by atoms with van der Waals surface area (Å²) < 4.78 is 29.0. The number of aryl methyl sites for hydroxylation is 1. The van der Waals surface area contributed by atoms with Gasteiger partial charge in [0.2, 0.25) is 5.78 Å². The van der Waals surface area contributed by atoms with Gasteiger partial charge in [-0.25, -0.2) is 12.4 Å². The Morgan fingerprint density at radius 3 is 2.28 bits per heavy atom. The van der Waals surface area contributed by atoms with Gasteiger partial charge in [0.15, 0.2) is 0 Å². The van der Waals surface area contributed by atoms with Crippen molar-refractivity contribution in [2.24, 2.45) is 0 Å². The number of likely N-dealkylation sites (tertiary alicyclic amines) is 1. The van der Waals surface area contributed by atoms with Crippen LogP contribution < -0.4 is 0 Å². The minimum Gasteiger partial charge on any atom is -0.382 e. The molecule has 2 fully saturated rings. The Hall–Kier alpha value is -3.41. The number of fused-ring (bicyclic) bond motifs is 1. The number of benzene rings is 2. The van der Waals surface area contributed by atoms with Gasteiger partial charge in [0.05, 0.1) is 10.4 Å². The molecule has 2 heterocycles. The van der Waals surface area contributed by atoms with Crippen molar-refractivity contribution in [1.29, 1.82) is 5.26 Å². The fourth-order valence-corrected chi connectivity index (χ4v) is 7.61. The molecule has 0 spiro atoms. The molecule has 3 aromatic rings. The van der Waals surface area contributed by atoms with Gasteiger partial charge in [-0.1, -0.05) is 36.6 Å². The lowest BCUT2D eigenvalue weighted by Crippen LogP contribution is -2.39. The van der Waals surface area contributed by atoms with E-state index in [4.69, 9.17) is 0 Å². The van der Waals surface area contributed by atoms with E-state index in [1.165, 1.54) is 37.4 Å². The largest absolute Gasteiger partial charge is 0.382 e. The second-order valence-electron chi connectivity index (χ2n) is 11.1. The van der Waals surface area contributed by atoms with Crippen LogP contribution in [0.5, 0.6) is 0 Å². The van der Waals surface area contributed by atoms with Crippen LogP contribution in [0.1, 0.15) is 66.1 Å². The van der Waals surface area contributed by atoms with Crippen molar-refractivity contribution >= 4 is 26.7 Å². The molecule has 0 atom stereocenters. The lowest BCUT2D eigenvalue weighted by Gasteiger charge is -2.36. The first kappa shape index (κ1) is 27.2. The maximum absolute atomic E-state index is 13.9. The molecule has 39 heavy (non-hydrogen) atoms. The summed E-state index contributed by atoms with van der Waals surface area (Å²) in [6.45, 7) is 4.06. The first-order valence-electron chi connectivity index (χ1n) is 13.7. The van der Waals surface area contributed by atoms with E-state index in [9.17, 15) is 18.5 Å². The molecule has 204 valence electrons. The molecule has 0 unspecified atom stereocenters. The number of allylic oxidation sites excluding steroid dienone is 1. The Labute approximate surface area is 231 Å². The highest BCUT2D eigenvalue weighted by Crippen LogP contribution is 2.35. The van der Waals surface area contributed by atoms with Crippen LogP contribution in [0.2, 0.25) is 0 Å². The highest BCUT2D eigenvalue weighted by atomic mass is 32.2. The summed E-state index contributed by atoms with van der Waals surface area (Å²) >= 11 is 0. The standard InChI is InChI=1S/C31H36N4O3S/c1-22-8-11-28(12-9-22)39(37,38)35-29-13-10-24(23-14-16-34(17-15-23)27-6-4-5-7-27)18-25(29)19-30(35)31(36)26(20-32)21-33(2)3/h8-13,18-19,21,23,27H,4-7,14-17H2,1-3H3/b26-21+. The number of carbonyl (C=O) groups is 1. The SMILES string of the molecule is Cc1ccc(S(=O)(=O)n2c(C(=O)/C(C#N)=C/N(C)C)cc3cc(C4CCN(C5CCCC5)CC4)ccc32)cc1. The van der Waals surface area contributed by atoms with Gasteiger partial charge in [-0.05, 0) is 87.5 Å². The summed E-state index contributed by atoms with van der Waals surface area (Å²) in [6.07, 6.45) is 8.85. The van der Waals surface area contributed by atoms with Crippen LogP contribution in [-0.2, 0) is 10.0 Å². The van der Waals surface area contributed by atoms with Gasteiger partial charge in [-0.15, -0.1) is 0 Å².